The Bertz CT molecular complexity index is 968. The lowest BCUT2D eigenvalue weighted by Crippen LogP contribution is -2.26. The predicted octanol–water partition coefficient (Wildman–Crippen LogP) is 4.09. The molecule has 0 aliphatic heterocycles. The highest BCUT2D eigenvalue weighted by Crippen LogP contribution is 2.27. The summed E-state index contributed by atoms with van der Waals surface area (Å²) in [5.74, 6) is 0.260. The molecule has 0 atom stereocenters. The lowest BCUT2D eigenvalue weighted by atomic mass is 10.2. The molecule has 1 aliphatic rings. The van der Waals surface area contributed by atoms with E-state index < -0.39 is 0 Å². The summed E-state index contributed by atoms with van der Waals surface area (Å²) in [5.41, 5.74) is 3.76. The van der Waals surface area contributed by atoms with E-state index in [9.17, 15) is 9.18 Å². The molecule has 1 aliphatic carbocycles. The van der Waals surface area contributed by atoms with Gasteiger partial charge in [0.05, 0.1) is 12.3 Å². The number of carbonyl (C=O) groups excluding carboxylic acids is 1. The second-order valence-corrected chi connectivity index (χ2v) is 7.14. The molecule has 0 saturated carbocycles. The second kappa shape index (κ2) is 8.90. The Morgan fingerprint density at radius 3 is 2.66 bits per heavy atom. The maximum atomic E-state index is 12.9. The van der Waals surface area contributed by atoms with Crippen LogP contribution in [0.5, 0.6) is 5.75 Å². The molecule has 3 aromatic rings. The summed E-state index contributed by atoms with van der Waals surface area (Å²) in [6.45, 7) is 1.10. The number of nitrogens with one attached hydrogen (secondary N) is 1. The molecule has 1 heterocycles. The maximum absolute atomic E-state index is 12.9. The summed E-state index contributed by atoms with van der Waals surface area (Å²) >= 11 is 0. The molecular weight excluding hydrogens is 369 g/mol. The zero-order chi connectivity index (χ0) is 20.1. The molecule has 0 unspecified atom stereocenters. The van der Waals surface area contributed by atoms with Crippen LogP contribution >= 0.6 is 0 Å². The van der Waals surface area contributed by atoms with Crippen LogP contribution in [-0.2, 0) is 12.8 Å². The number of amides is 1. The van der Waals surface area contributed by atoms with Gasteiger partial charge < -0.3 is 10.1 Å². The fourth-order valence-corrected chi connectivity index (χ4v) is 3.64. The largest absolute Gasteiger partial charge is 0.494 e. The number of hydrogen-bond donors (Lipinski definition) is 1. The van der Waals surface area contributed by atoms with E-state index in [2.05, 4.69) is 10.4 Å². The van der Waals surface area contributed by atoms with Gasteiger partial charge in [-0.3, -0.25) is 4.79 Å². The molecule has 0 fully saturated rings. The number of benzene rings is 2. The van der Waals surface area contributed by atoms with Gasteiger partial charge in [-0.25, -0.2) is 9.07 Å². The number of halogens is 1. The van der Waals surface area contributed by atoms with Gasteiger partial charge in [0.1, 0.15) is 11.6 Å². The van der Waals surface area contributed by atoms with Gasteiger partial charge in [0.15, 0.2) is 5.69 Å². The van der Waals surface area contributed by atoms with Crippen LogP contribution in [0.1, 0.15) is 41.0 Å². The average molecular weight is 393 g/mol. The van der Waals surface area contributed by atoms with Gasteiger partial charge in [0, 0.05) is 17.8 Å². The number of ether oxygens (including phenoxy) is 1. The highest BCUT2D eigenvalue weighted by Gasteiger charge is 2.26. The van der Waals surface area contributed by atoms with Gasteiger partial charge >= 0.3 is 0 Å². The molecule has 150 valence electrons. The fraction of sp³-hybridized carbons (Fsp3) is 0.304. The number of carbonyl (C=O) groups is 1. The van der Waals surface area contributed by atoms with E-state index in [1.807, 2.05) is 35.0 Å². The zero-order valence-electron chi connectivity index (χ0n) is 16.2. The van der Waals surface area contributed by atoms with Crippen LogP contribution < -0.4 is 10.1 Å². The third-order valence-corrected chi connectivity index (χ3v) is 5.09. The summed E-state index contributed by atoms with van der Waals surface area (Å²) in [6, 6.07) is 15.9. The second-order valence-electron chi connectivity index (χ2n) is 7.14. The van der Waals surface area contributed by atoms with Crippen LogP contribution in [0.2, 0.25) is 0 Å². The number of para-hydroxylation sites is 1. The Kier molecular flexibility index (Phi) is 5.89. The minimum atomic E-state index is -0.277. The summed E-state index contributed by atoms with van der Waals surface area (Å²) < 4.78 is 20.4. The van der Waals surface area contributed by atoms with E-state index >= 15 is 0 Å². The topological polar surface area (TPSA) is 56.1 Å². The van der Waals surface area contributed by atoms with Crippen molar-refractivity contribution in [3.8, 4) is 11.4 Å². The van der Waals surface area contributed by atoms with Crippen LogP contribution in [0.4, 0.5) is 4.39 Å². The molecule has 1 N–H and O–H groups in total. The van der Waals surface area contributed by atoms with Crippen LogP contribution in [0.15, 0.2) is 54.6 Å². The summed E-state index contributed by atoms with van der Waals surface area (Å²) in [7, 11) is 0. The minimum absolute atomic E-state index is 0.114. The van der Waals surface area contributed by atoms with Crippen molar-refractivity contribution in [2.24, 2.45) is 0 Å². The lowest BCUT2D eigenvalue weighted by Gasteiger charge is -2.07. The van der Waals surface area contributed by atoms with Crippen molar-refractivity contribution in [1.82, 2.24) is 15.1 Å². The first-order chi connectivity index (χ1) is 14.2. The first-order valence-corrected chi connectivity index (χ1v) is 10.0. The maximum Gasteiger partial charge on any atom is 0.272 e. The summed E-state index contributed by atoms with van der Waals surface area (Å²) in [4.78, 5) is 12.7. The van der Waals surface area contributed by atoms with Crippen molar-refractivity contribution in [2.75, 3.05) is 13.2 Å². The highest BCUT2D eigenvalue weighted by atomic mass is 19.1. The van der Waals surface area contributed by atoms with Gasteiger partial charge in [0.2, 0.25) is 0 Å². The van der Waals surface area contributed by atoms with E-state index in [4.69, 9.17) is 4.74 Å². The smallest absolute Gasteiger partial charge is 0.272 e. The summed E-state index contributed by atoms with van der Waals surface area (Å²) in [5, 5.41) is 7.59. The van der Waals surface area contributed by atoms with Crippen LogP contribution in [0.3, 0.4) is 0 Å². The highest BCUT2D eigenvalue weighted by molar-refractivity contribution is 5.94. The average Bonchev–Trinajstić information content (AvgIpc) is 3.35. The molecule has 0 spiro atoms. The molecule has 2 aromatic carbocycles. The Balaban J connectivity index is 1.28. The Labute approximate surface area is 169 Å². The van der Waals surface area contributed by atoms with Crippen molar-refractivity contribution in [2.45, 2.75) is 32.1 Å². The molecule has 0 radical (unpaired) electrons. The number of unbranched alkanes of at least 4 members (excludes halogenated alkanes) is 1. The monoisotopic (exact) mass is 393 g/mol. The first kappa shape index (κ1) is 19.2. The number of rotatable bonds is 8. The summed E-state index contributed by atoms with van der Waals surface area (Å²) in [6.07, 6.45) is 4.51. The van der Waals surface area contributed by atoms with E-state index in [0.717, 1.165) is 49.0 Å². The standard InChI is InChI=1S/C23H24FN3O2/c24-17-11-13-19(14-12-17)29-16-5-4-15-25-23(28)22-20-9-6-10-21(20)27(26-22)18-7-2-1-3-8-18/h1-3,7-8,11-14H,4-6,9-10,15-16H2,(H,25,28). The first-order valence-electron chi connectivity index (χ1n) is 10.0. The molecule has 4 rings (SSSR count). The third kappa shape index (κ3) is 4.47. The van der Waals surface area contributed by atoms with Crippen LogP contribution in [0.25, 0.3) is 5.69 Å². The molecule has 0 bridgehead atoms. The number of nitrogens with zero attached hydrogens (tertiary/aromatic N) is 2. The van der Waals surface area contributed by atoms with Gasteiger partial charge in [0.25, 0.3) is 5.91 Å². The van der Waals surface area contributed by atoms with E-state index in [1.165, 1.54) is 12.1 Å². The molecule has 29 heavy (non-hydrogen) atoms. The molecule has 1 amide bonds. The molecular formula is C23H24FN3O2. The van der Waals surface area contributed by atoms with Gasteiger partial charge in [-0.15, -0.1) is 0 Å². The molecule has 5 nitrogen and oxygen atoms in total. The van der Waals surface area contributed by atoms with Crippen molar-refractivity contribution >= 4 is 5.91 Å². The van der Waals surface area contributed by atoms with Crippen molar-refractivity contribution < 1.29 is 13.9 Å². The predicted molar refractivity (Wildman–Crippen MR) is 109 cm³/mol. The normalized spacial score (nSPS) is 12.6. The zero-order valence-corrected chi connectivity index (χ0v) is 16.2. The Hall–Kier alpha value is -3.15. The quantitative estimate of drug-likeness (QED) is 0.587. The van der Waals surface area contributed by atoms with Gasteiger partial charge in [-0.1, -0.05) is 18.2 Å². The number of aromatic nitrogens is 2. The lowest BCUT2D eigenvalue weighted by molar-refractivity contribution is 0.0946. The number of fused-ring (bicyclic) bond motifs is 1. The number of hydrogen-bond acceptors (Lipinski definition) is 3. The van der Waals surface area contributed by atoms with Gasteiger partial charge in [-0.2, -0.15) is 5.10 Å². The van der Waals surface area contributed by atoms with E-state index in [0.29, 0.717) is 24.6 Å². The Morgan fingerprint density at radius 1 is 1.07 bits per heavy atom. The van der Waals surface area contributed by atoms with Crippen molar-refractivity contribution in [3.05, 3.63) is 77.4 Å². The molecule has 6 heteroatoms. The van der Waals surface area contributed by atoms with E-state index in [1.54, 1.807) is 12.1 Å². The van der Waals surface area contributed by atoms with E-state index in [-0.39, 0.29) is 11.7 Å². The van der Waals surface area contributed by atoms with Crippen LogP contribution in [-0.4, -0.2) is 28.8 Å². The third-order valence-electron chi connectivity index (χ3n) is 5.09. The van der Waals surface area contributed by atoms with Crippen LogP contribution in [0, 0.1) is 5.82 Å². The minimum Gasteiger partial charge on any atom is -0.494 e. The Morgan fingerprint density at radius 2 is 1.86 bits per heavy atom. The molecule has 1 aromatic heterocycles. The SMILES string of the molecule is O=C(NCCCCOc1ccc(F)cc1)c1nn(-c2ccccc2)c2c1CCC2. The fourth-order valence-electron chi connectivity index (χ4n) is 3.64. The molecule has 0 saturated heterocycles. The van der Waals surface area contributed by atoms with Crippen molar-refractivity contribution in [3.63, 3.8) is 0 Å². The van der Waals surface area contributed by atoms with Crippen molar-refractivity contribution in [1.29, 1.82) is 0 Å². The van der Waals surface area contributed by atoms with Gasteiger partial charge in [-0.05, 0) is 68.5 Å².